The Labute approximate surface area is 151 Å². The first-order valence-electron chi connectivity index (χ1n) is 8.02. The zero-order valence-electron chi connectivity index (χ0n) is 13.8. The van der Waals surface area contributed by atoms with Crippen molar-refractivity contribution in [1.29, 1.82) is 0 Å². The fraction of sp³-hybridized carbons (Fsp3) is 0.200. The van der Waals surface area contributed by atoms with Crippen molar-refractivity contribution in [2.75, 3.05) is 0 Å². The van der Waals surface area contributed by atoms with Gasteiger partial charge in [-0.1, -0.05) is 0 Å². The second-order valence-corrected chi connectivity index (χ2v) is 9.69. The average molecular weight is 405 g/mol. The Kier molecular flexibility index (Phi) is 7.51. The van der Waals surface area contributed by atoms with Crippen LogP contribution in [-0.4, -0.2) is 23.4 Å². The summed E-state index contributed by atoms with van der Waals surface area (Å²) < 4.78 is 27.2. The number of allylic oxidation sites excluding steroid dienone is 3. The Morgan fingerprint density at radius 2 is 1.62 bits per heavy atom. The van der Waals surface area contributed by atoms with Crippen molar-refractivity contribution in [2.24, 2.45) is 0 Å². The maximum absolute atomic E-state index is 12.3. The minimum atomic E-state index is -3.37. The molecule has 4 heteroatoms. The van der Waals surface area contributed by atoms with Crippen LogP contribution >= 0.6 is 0 Å². The van der Waals surface area contributed by atoms with Crippen LogP contribution in [0, 0.1) is 0 Å². The molecule has 2 nitrogen and oxygen atoms in total. The van der Waals surface area contributed by atoms with Crippen LogP contribution in [0.2, 0.25) is 0 Å². The molecule has 24 heavy (non-hydrogen) atoms. The number of sulfone groups is 1. The molecule has 0 bridgehead atoms. The number of unbranched alkanes of at least 4 members (excludes halogenated alkanes) is 1. The second-order valence-electron chi connectivity index (χ2n) is 5.34. The minimum absolute atomic E-state index is 0.233. The number of rotatable bonds is 8. The van der Waals surface area contributed by atoms with Gasteiger partial charge >= 0.3 is 151 Å². The standard InChI is InChI=1S/C20H22O2SSe/c1-2-3-13-19(24-20-14-8-5-9-15-20)16-10-17-23(21,22)18-11-6-4-7-12-18/h4-12,14-17H,2-3,13H2,1H3/b17-10+,19-16+. The first-order valence-corrected chi connectivity index (χ1v) is 11.3. The van der Waals surface area contributed by atoms with Gasteiger partial charge in [0.2, 0.25) is 0 Å². The fourth-order valence-electron chi connectivity index (χ4n) is 2.10. The van der Waals surface area contributed by atoms with Gasteiger partial charge in [0.05, 0.1) is 0 Å². The van der Waals surface area contributed by atoms with Gasteiger partial charge in [0.15, 0.2) is 0 Å². The van der Waals surface area contributed by atoms with Crippen molar-refractivity contribution < 1.29 is 8.42 Å². The normalized spacial score (nSPS) is 12.6. The van der Waals surface area contributed by atoms with E-state index in [9.17, 15) is 8.42 Å². The van der Waals surface area contributed by atoms with Crippen LogP contribution in [0.1, 0.15) is 26.2 Å². The molecule has 0 heterocycles. The molecule has 0 atom stereocenters. The summed E-state index contributed by atoms with van der Waals surface area (Å²) in [5.41, 5.74) is 0. The first kappa shape index (κ1) is 18.7. The quantitative estimate of drug-likeness (QED) is 0.490. The molecule has 0 saturated heterocycles. The van der Waals surface area contributed by atoms with Crippen LogP contribution in [0.25, 0.3) is 0 Å². The van der Waals surface area contributed by atoms with E-state index in [0.29, 0.717) is 4.90 Å². The summed E-state index contributed by atoms with van der Waals surface area (Å²) >= 11 is 0.233. The Bertz CT molecular complexity index is 779. The molecule has 0 saturated carbocycles. The molecule has 0 aliphatic heterocycles. The van der Waals surface area contributed by atoms with E-state index in [1.165, 1.54) is 14.3 Å². The van der Waals surface area contributed by atoms with Crippen molar-refractivity contribution >= 4 is 29.3 Å². The van der Waals surface area contributed by atoms with E-state index in [4.69, 9.17) is 0 Å². The number of hydrogen-bond acceptors (Lipinski definition) is 2. The number of hydrogen-bond donors (Lipinski definition) is 0. The molecule has 2 aromatic rings. The predicted octanol–water partition coefficient (Wildman–Crippen LogP) is 4.08. The third-order valence-corrected chi connectivity index (χ3v) is 7.15. The molecule has 0 unspecified atom stereocenters. The van der Waals surface area contributed by atoms with Crippen LogP contribution in [0.5, 0.6) is 0 Å². The van der Waals surface area contributed by atoms with Crippen LogP contribution in [0.15, 0.2) is 87.6 Å². The summed E-state index contributed by atoms with van der Waals surface area (Å²) in [7, 11) is -3.37. The van der Waals surface area contributed by atoms with Crippen molar-refractivity contribution in [2.45, 2.75) is 31.1 Å². The van der Waals surface area contributed by atoms with Crippen molar-refractivity contribution in [3.63, 3.8) is 0 Å². The Balaban J connectivity index is 2.14. The topological polar surface area (TPSA) is 34.1 Å². The average Bonchev–Trinajstić information content (AvgIpc) is 2.61. The van der Waals surface area contributed by atoms with Gasteiger partial charge in [0.25, 0.3) is 0 Å². The number of benzene rings is 2. The van der Waals surface area contributed by atoms with Gasteiger partial charge < -0.3 is 0 Å². The Morgan fingerprint density at radius 3 is 2.25 bits per heavy atom. The van der Waals surface area contributed by atoms with Crippen LogP contribution in [0.3, 0.4) is 0 Å². The molecule has 0 amide bonds. The molecule has 126 valence electrons. The molecule has 0 N–H and O–H groups in total. The van der Waals surface area contributed by atoms with Gasteiger partial charge in [-0.15, -0.1) is 0 Å². The van der Waals surface area contributed by atoms with Gasteiger partial charge in [-0.25, -0.2) is 0 Å². The molecule has 0 aliphatic rings. The summed E-state index contributed by atoms with van der Waals surface area (Å²) in [5.74, 6) is 0. The SMILES string of the molecule is CCCC/C(=C\C=C\S(=O)(=O)c1ccccc1)[Se]c1ccccc1. The van der Waals surface area contributed by atoms with E-state index in [1.807, 2.05) is 30.3 Å². The molecule has 0 radical (unpaired) electrons. The Hall–Kier alpha value is -1.61. The fourth-order valence-corrected chi connectivity index (χ4v) is 5.15. The molecule has 0 aliphatic carbocycles. The summed E-state index contributed by atoms with van der Waals surface area (Å²) in [4.78, 5) is 0.332. The van der Waals surface area contributed by atoms with E-state index >= 15 is 0 Å². The summed E-state index contributed by atoms with van der Waals surface area (Å²) in [6, 6.07) is 18.9. The van der Waals surface area contributed by atoms with Gasteiger partial charge in [-0.3, -0.25) is 0 Å². The van der Waals surface area contributed by atoms with E-state index in [1.54, 1.807) is 30.3 Å². The van der Waals surface area contributed by atoms with Crippen LogP contribution in [0.4, 0.5) is 0 Å². The zero-order valence-corrected chi connectivity index (χ0v) is 16.3. The van der Waals surface area contributed by atoms with E-state index in [2.05, 4.69) is 19.1 Å². The second kappa shape index (κ2) is 9.63. The van der Waals surface area contributed by atoms with Gasteiger partial charge in [-0.2, -0.15) is 0 Å². The monoisotopic (exact) mass is 406 g/mol. The molecular weight excluding hydrogens is 383 g/mol. The third-order valence-electron chi connectivity index (χ3n) is 3.38. The van der Waals surface area contributed by atoms with Crippen molar-refractivity contribution in [3.8, 4) is 0 Å². The molecule has 2 rings (SSSR count). The summed E-state index contributed by atoms with van der Waals surface area (Å²) in [5, 5.41) is 1.30. The predicted molar refractivity (Wildman–Crippen MR) is 102 cm³/mol. The summed E-state index contributed by atoms with van der Waals surface area (Å²) in [6.45, 7) is 2.17. The van der Waals surface area contributed by atoms with Crippen LogP contribution in [-0.2, 0) is 9.84 Å². The molecular formula is C20H22O2SSe. The van der Waals surface area contributed by atoms with Gasteiger partial charge in [0.1, 0.15) is 0 Å². The molecule has 2 aromatic carbocycles. The molecule has 0 spiro atoms. The third kappa shape index (κ3) is 6.12. The molecule has 0 aromatic heterocycles. The first-order chi connectivity index (χ1) is 11.6. The van der Waals surface area contributed by atoms with Crippen LogP contribution < -0.4 is 4.46 Å². The van der Waals surface area contributed by atoms with Crippen molar-refractivity contribution in [3.05, 3.63) is 82.7 Å². The maximum atomic E-state index is 12.3. The van der Waals surface area contributed by atoms with Crippen molar-refractivity contribution in [1.82, 2.24) is 0 Å². The zero-order chi connectivity index (χ0) is 17.3. The summed E-state index contributed by atoms with van der Waals surface area (Å²) in [6.07, 6.45) is 6.93. The van der Waals surface area contributed by atoms with Gasteiger partial charge in [-0.05, 0) is 0 Å². The van der Waals surface area contributed by atoms with E-state index in [0.717, 1.165) is 19.3 Å². The molecule has 0 fully saturated rings. The van der Waals surface area contributed by atoms with E-state index in [-0.39, 0.29) is 15.0 Å². The van der Waals surface area contributed by atoms with Gasteiger partial charge in [0, 0.05) is 0 Å². The van der Waals surface area contributed by atoms with E-state index < -0.39 is 9.84 Å². The Morgan fingerprint density at radius 1 is 1.00 bits per heavy atom.